The van der Waals surface area contributed by atoms with Gasteiger partial charge in [-0.05, 0) is 48.7 Å². The number of benzene rings is 4. The Bertz CT molecular complexity index is 1580. The van der Waals surface area contributed by atoms with Crippen molar-refractivity contribution in [3.8, 4) is 0 Å². The second-order valence-corrected chi connectivity index (χ2v) is 30.9. The van der Waals surface area contributed by atoms with E-state index >= 15 is 8.78 Å². The van der Waals surface area contributed by atoms with Crippen molar-refractivity contribution >= 4 is 63.9 Å². The first kappa shape index (κ1) is 48.7. The number of halogens is 2. The molecule has 0 aromatic heterocycles. The molecule has 0 spiro atoms. The van der Waals surface area contributed by atoms with E-state index in [9.17, 15) is 0 Å². The van der Waals surface area contributed by atoms with Gasteiger partial charge in [-0.1, -0.05) is 238 Å². The molecule has 0 N–H and O–H groups in total. The van der Waals surface area contributed by atoms with Crippen LogP contribution >= 0.6 is 16.1 Å². The van der Waals surface area contributed by atoms with Gasteiger partial charge in [-0.25, -0.2) is 13.2 Å². The highest BCUT2D eigenvalue weighted by Gasteiger charge is 2.39. The predicted octanol–water partition coefficient (Wildman–Crippen LogP) is 14.2. The minimum atomic E-state index is -1.74. The first-order valence-electron chi connectivity index (χ1n) is 23.2. The summed E-state index contributed by atoms with van der Waals surface area (Å²) >= 11 is 0. The lowest BCUT2D eigenvalue weighted by molar-refractivity contribution is 0.579. The highest BCUT2D eigenvalue weighted by Crippen LogP contribution is 2.56. The molecular formula is C51H77F2NP2Si2. The van der Waals surface area contributed by atoms with Gasteiger partial charge in [0.25, 0.3) is 0 Å². The molecule has 0 radical (unpaired) electrons. The van der Waals surface area contributed by atoms with Crippen LogP contribution in [0, 0.1) is 11.6 Å². The predicted molar refractivity (Wildman–Crippen MR) is 264 cm³/mol. The average Bonchev–Trinajstić information content (AvgIpc) is 3.24. The van der Waals surface area contributed by atoms with Crippen LogP contribution in [0.25, 0.3) is 0 Å². The summed E-state index contributed by atoms with van der Waals surface area (Å²) < 4.78 is 35.3. The summed E-state index contributed by atoms with van der Waals surface area (Å²) in [5.74, 6) is -0.364. The third kappa shape index (κ3) is 12.5. The molecule has 58 heavy (non-hydrogen) atoms. The fourth-order valence-corrected chi connectivity index (χ4v) is 26.5. The molecule has 0 saturated heterocycles. The summed E-state index contributed by atoms with van der Waals surface area (Å²) in [5, 5.41) is 6.87. The molecule has 1 nitrogen and oxygen atoms in total. The molecule has 318 valence electrons. The zero-order valence-electron chi connectivity index (χ0n) is 37.6. The van der Waals surface area contributed by atoms with Crippen molar-refractivity contribution in [2.24, 2.45) is 0 Å². The van der Waals surface area contributed by atoms with Crippen LogP contribution in [0.4, 0.5) is 8.78 Å². The van der Waals surface area contributed by atoms with Crippen LogP contribution < -0.4 is 31.6 Å². The lowest BCUT2D eigenvalue weighted by Crippen LogP contribution is -2.48. The minimum Gasteiger partial charge on any atom is -0.242 e. The molecule has 4 rings (SSSR count). The zero-order chi connectivity index (χ0) is 42.0. The van der Waals surface area contributed by atoms with Gasteiger partial charge in [-0.3, -0.25) is 0 Å². The number of hydrogen-bond donors (Lipinski definition) is 0. The monoisotopic (exact) mass is 860 g/mol. The normalized spacial score (nSPS) is 13.4. The van der Waals surface area contributed by atoms with Crippen molar-refractivity contribution in [1.29, 1.82) is 0 Å². The number of rotatable bonds is 27. The zero-order valence-corrected chi connectivity index (χ0v) is 41.4. The Labute approximate surface area is 358 Å². The van der Waals surface area contributed by atoms with Gasteiger partial charge in [0.1, 0.15) is 11.6 Å². The van der Waals surface area contributed by atoms with Crippen molar-refractivity contribution in [3.63, 3.8) is 0 Å². The Morgan fingerprint density at radius 3 is 0.948 bits per heavy atom. The third-order valence-corrected chi connectivity index (χ3v) is 29.5. The maximum atomic E-state index is 16.4. The standard InChI is InChI=1S/C51H77F2NP2Si2/c1-9-15-37-57(38-16-10-2,39-17-11-3)46-33-29-44(30-34-46)55(50-27-23-21-25-48(50)52)54(43(7)8)56(51-28-24-22-26-49(51)53)45-31-35-47(36-32-45)58(40-18-12-4,41-19-13-5)42-20-14-6/h21-36,43H,9-20,37-42H2,1-8H3. The summed E-state index contributed by atoms with van der Waals surface area (Å²) in [6.45, 7) is 18.4. The Morgan fingerprint density at radius 1 is 0.431 bits per heavy atom. The van der Waals surface area contributed by atoms with E-state index < -0.39 is 32.3 Å². The van der Waals surface area contributed by atoms with E-state index in [1.807, 2.05) is 24.3 Å². The molecule has 7 heteroatoms. The van der Waals surface area contributed by atoms with Crippen LogP contribution in [-0.2, 0) is 0 Å². The quantitative estimate of drug-likeness (QED) is 0.0426. The average molecular weight is 860 g/mol. The summed E-state index contributed by atoms with van der Waals surface area (Å²) in [7, 11) is -6.20. The highest BCUT2D eigenvalue weighted by atomic mass is 31.2. The second kappa shape index (κ2) is 25.1. The van der Waals surface area contributed by atoms with Crippen molar-refractivity contribution in [3.05, 3.63) is 109 Å². The molecule has 0 saturated carbocycles. The number of nitrogens with zero attached hydrogens (tertiary/aromatic N) is 1. The molecule has 0 bridgehead atoms. The molecule has 0 amide bonds. The molecule has 0 heterocycles. The SMILES string of the molecule is CCCC[Si](CCCC)(CCCC)c1ccc(P(c2ccccc2F)N(C(C)C)P(c2ccc([Si](CCCC)(CCCC)CCCC)cc2)c2ccccc2F)cc1. The van der Waals surface area contributed by atoms with Gasteiger partial charge in [0.05, 0.1) is 16.1 Å². The topological polar surface area (TPSA) is 3.24 Å². The molecule has 0 aliphatic carbocycles. The lowest BCUT2D eigenvalue weighted by atomic mass is 10.3. The fourth-order valence-electron chi connectivity index (χ4n) is 9.15. The molecule has 4 aromatic rings. The van der Waals surface area contributed by atoms with Gasteiger partial charge in [0, 0.05) is 32.8 Å². The van der Waals surface area contributed by atoms with Gasteiger partial charge in [-0.15, -0.1) is 0 Å². The van der Waals surface area contributed by atoms with E-state index in [0.717, 1.165) is 21.2 Å². The van der Waals surface area contributed by atoms with E-state index in [4.69, 9.17) is 0 Å². The van der Waals surface area contributed by atoms with Crippen LogP contribution in [0.15, 0.2) is 97.1 Å². The molecule has 0 aliphatic rings. The van der Waals surface area contributed by atoms with Crippen molar-refractivity contribution in [2.75, 3.05) is 0 Å². The number of hydrogen-bond acceptors (Lipinski definition) is 1. The molecule has 0 fully saturated rings. The second-order valence-electron chi connectivity index (χ2n) is 17.2. The summed E-state index contributed by atoms with van der Waals surface area (Å²) in [5.41, 5.74) is 0. The minimum absolute atomic E-state index is 0.0232. The summed E-state index contributed by atoms with van der Waals surface area (Å²) in [6.07, 6.45) is 15.1. The van der Waals surface area contributed by atoms with Crippen LogP contribution in [-0.4, -0.2) is 26.6 Å². The van der Waals surface area contributed by atoms with Crippen LogP contribution in [0.1, 0.15) is 132 Å². The fraction of sp³-hybridized carbons (Fsp3) is 0.529. The number of unbranched alkanes of at least 4 members (excludes halogenated alkanes) is 6. The van der Waals surface area contributed by atoms with Gasteiger partial charge >= 0.3 is 0 Å². The Kier molecular flexibility index (Phi) is 21.0. The molecular weight excluding hydrogens is 783 g/mol. The Balaban J connectivity index is 1.94. The molecule has 2 unspecified atom stereocenters. The summed E-state index contributed by atoms with van der Waals surface area (Å²) in [4.78, 5) is 0. The smallest absolute Gasteiger partial charge is 0.132 e. The van der Waals surface area contributed by atoms with Crippen LogP contribution in [0.2, 0.25) is 36.3 Å². The van der Waals surface area contributed by atoms with E-state index in [1.165, 1.54) is 113 Å². The molecule has 4 aromatic carbocycles. The van der Waals surface area contributed by atoms with Gasteiger partial charge in [0.2, 0.25) is 0 Å². The molecule has 0 aliphatic heterocycles. The first-order valence-corrected chi connectivity index (χ1v) is 31.1. The van der Waals surface area contributed by atoms with Crippen molar-refractivity contribution in [1.82, 2.24) is 4.44 Å². The molecule has 2 atom stereocenters. The van der Waals surface area contributed by atoms with Crippen LogP contribution in [0.5, 0.6) is 0 Å². The maximum Gasteiger partial charge on any atom is 0.132 e. The highest BCUT2D eigenvalue weighted by molar-refractivity contribution is 7.84. The van der Waals surface area contributed by atoms with E-state index in [-0.39, 0.29) is 17.7 Å². The van der Waals surface area contributed by atoms with Crippen molar-refractivity contribution in [2.45, 2.75) is 175 Å². The van der Waals surface area contributed by atoms with Gasteiger partial charge in [-0.2, -0.15) is 0 Å². The maximum absolute atomic E-state index is 16.4. The largest absolute Gasteiger partial charge is 0.242 e. The first-order chi connectivity index (χ1) is 28.1. The van der Waals surface area contributed by atoms with E-state index in [1.54, 1.807) is 34.6 Å². The van der Waals surface area contributed by atoms with E-state index in [0.29, 0.717) is 0 Å². The summed E-state index contributed by atoms with van der Waals surface area (Å²) in [6, 6.07) is 42.0. The Hall–Kier alpha value is -2.01. The third-order valence-electron chi connectivity index (χ3n) is 12.5. The van der Waals surface area contributed by atoms with Crippen LogP contribution in [0.3, 0.4) is 0 Å². The Morgan fingerprint density at radius 2 is 0.707 bits per heavy atom. The van der Waals surface area contributed by atoms with Gasteiger partial charge in [0.15, 0.2) is 0 Å². The van der Waals surface area contributed by atoms with Crippen molar-refractivity contribution < 1.29 is 8.78 Å². The lowest BCUT2D eigenvalue weighted by Gasteiger charge is -2.42. The van der Waals surface area contributed by atoms with E-state index in [2.05, 4.69) is 108 Å². The van der Waals surface area contributed by atoms with Gasteiger partial charge < -0.3 is 0 Å².